The second-order valence-electron chi connectivity index (χ2n) is 5.06. The Balaban J connectivity index is 2.64. The van der Waals surface area contributed by atoms with E-state index >= 15 is 0 Å². The van der Waals surface area contributed by atoms with Gasteiger partial charge in [-0.3, -0.25) is 0 Å². The lowest BCUT2D eigenvalue weighted by Crippen LogP contribution is -1.99. The normalized spacial score (nSPS) is 10.8. The van der Waals surface area contributed by atoms with Crippen molar-refractivity contribution in [2.45, 2.75) is 0 Å². The van der Waals surface area contributed by atoms with Crippen molar-refractivity contribution in [3.8, 4) is 29.1 Å². The first-order chi connectivity index (χ1) is 12.1. The van der Waals surface area contributed by atoms with Gasteiger partial charge in [0.2, 0.25) is 5.75 Å². The monoisotopic (exact) mass is 340 g/mol. The Hall–Kier alpha value is -3.33. The molecule has 0 bridgehead atoms. The Kier molecular flexibility index (Phi) is 5.75. The molecule has 0 saturated heterocycles. The van der Waals surface area contributed by atoms with E-state index in [2.05, 4.69) is 6.07 Å². The molecule has 0 radical (unpaired) electrons. The molecule has 0 fully saturated rings. The van der Waals surface area contributed by atoms with Crippen LogP contribution in [0.4, 0.5) is 5.69 Å². The standard InChI is InChI=1S/C19H20N2O4/c1-22-16-6-5-12(9-15(16)21)14(7-8-20)13-10-17(23-2)19(25-4)18(11-13)24-3/h5-7,9-11H,21H2,1-4H3/b14-7-. The molecule has 2 aromatic carbocycles. The first-order valence-corrected chi connectivity index (χ1v) is 7.43. The molecule has 0 atom stereocenters. The number of nitrogens with two attached hydrogens (primary N) is 1. The van der Waals surface area contributed by atoms with E-state index < -0.39 is 0 Å². The first kappa shape index (κ1) is 18.0. The van der Waals surface area contributed by atoms with Crippen molar-refractivity contribution in [2.24, 2.45) is 0 Å². The number of benzene rings is 2. The third-order valence-electron chi connectivity index (χ3n) is 3.73. The van der Waals surface area contributed by atoms with Gasteiger partial charge >= 0.3 is 0 Å². The van der Waals surface area contributed by atoms with Gasteiger partial charge in [-0.25, -0.2) is 0 Å². The van der Waals surface area contributed by atoms with E-state index in [1.807, 2.05) is 6.07 Å². The second kappa shape index (κ2) is 7.97. The second-order valence-corrected chi connectivity index (χ2v) is 5.06. The van der Waals surface area contributed by atoms with Crippen molar-refractivity contribution in [1.29, 1.82) is 5.26 Å². The summed E-state index contributed by atoms with van der Waals surface area (Å²) in [5.41, 5.74) is 8.67. The summed E-state index contributed by atoms with van der Waals surface area (Å²) in [6.45, 7) is 0. The highest BCUT2D eigenvalue weighted by molar-refractivity contribution is 5.85. The summed E-state index contributed by atoms with van der Waals surface area (Å²) in [5.74, 6) is 2.06. The van der Waals surface area contributed by atoms with Crippen molar-refractivity contribution >= 4 is 11.3 Å². The van der Waals surface area contributed by atoms with Crippen LogP contribution in [0.2, 0.25) is 0 Å². The van der Waals surface area contributed by atoms with E-state index in [-0.39, 0.29) is 0 Å². The van der Waals surface area contributed by atoms with Crippen LogP contribution in [0.1, 0.15) is 11.1 Å². The molecule has 2 N–H and O–H groups in total. The zero-order valence-corrected chi connectivity index (χ0v) is 14.6. The summed E-state index contributed by atoms with van der Waals surface area (Å²) in [6.07, 6.45) is 1.45. The smallest absolute Gasteiger partial charge is 0.203 e. The molecule has 0 saturated carbocycles. The van der Waals surface area contributed by atoms with Gasteiger partial charge in [-0.15, -0.1) is 0 Å². The summed E-state index contributed by atoms with van der Waals surface area (Å²) in [5, 5.41) is 9.21. The fourth-order valence-corrected chi connectivity index (χ4v) is 2.54. The van der Waals surface area contributed by atoms with Gasteiger partial charge < -0.3 is 24.7 Å². The Morgan fingerprint density at radius 1 is 0.880 bits per heavy atom. The number of ether oxygens (including phenoxy) is 4. The van der Waals surface area contributed by atoms with Crippen LogP contribution < -0.4 is 24.7 Å². The van der Waals surface area contributed by atoms with Crippen LogP contribution in [0.15, 0.2) is 36.4 Å². The predicted octanol–water partition coefficient (Wildman–Crippen LogP) is 3.26. The Morgan fingerprint density at radius 2 is 1.48 bits per heavy atom. The van der Waals surface area contributed by atoms with E-state index in [4.69, 9.17) is 24.7 Å². The van der Waals surface area contributed by atoms with Gasteiger partial charge in [-0.1, -0.05) is 6.07 Å². The zero-order valence-electron chi connectivity index (χ0n) is 14.6. The molecule has 0 spiro atoms. The minimum Gasteiger partial charge on any atom is -0.495 e. The number of rotatable bonds is 6. The summed E-state index contributed by atoms with van der Waals surface area (Å²) in [4.78, 5) is 0. The van der Waals surface area contributed by atoms with Crippen molar-refractivity contribution in [3.05, 3.63) is 47.5 Å². The number of hydrogen-bond donors (Lipinski definition) is 1. The average molecular weight is 340 g/mol. The molecule has 0 unspecified atom stereocenters. The van der Waals surface area contributed by atoms with E-state index in [0.29, 0.717) is 34.3 Å². The minimum absolute atomic E-state index is 0.483. The van der Waals surface area contributed by atoms with Gasteiger partial charge in [0.15, 0.2) is 11.5 Å². The highest BCUT2D eigenvalue weighted by Crippen LogP contribution is 2.41. The lowest BCUT2D eigenvalue weighted by Gasteiger charge is -2.16. The van der Waals surface area contributed by atoms with Gasteiger partial charge in [0.25, 0.3) is 0 Å². The molecular weight excluding hydrogens is 320 g/mol. The van der Waals surface area contributed by atoms with Crippen LogP contribution in [0, 0.1) is 11.3 Å². The number of nitrogen functional groups attached to an aromatic ring is 1. The Bertz CT molecular complexity index is 813. The van der Waals surface area contributed by atoms with Crippen LogP contribution in [0.25, 0.3) is 5.57 Å². The maximum Gasteiger partial charge on any atom is 0.203 e. The van der Waals surface area contributed by atoms with Gasteiger partial charge in [-0.2, -0.15) is 5.26 Å². The topological polar surface area (TPSA) is 86.7 Å². The Labute approximate surface area is 147 Å². The maximum atomic E-state index is 9.21. The van der Waals surface area contributed by atoms with Gasteiger partial charge in [0, 0.05) is 6.08 Å². The molecule has 0 aromatic heterocycles. The molecule has 130 valence electrons. The Morgan fingerprint density at radius 3 is 1.92 bits per heavy atom. The van der Waals surface area contributed by atoms with Crippen LogP contribution in [-0.2, 0) is 0 Å². The van der Waals surface area contributed by atoms with E-state index in [1.165, 1.54) is 13.2 Å². The predicted molar refractivity (Wildman–Crippen MR) is 96.2 cm³/mol. The van der Waals surface area contributed by atoms with Crippen LogP contribution in [-0.4, -0.2) is 28.4 Å². The molecular formula is C19H20N2O4. The van der Waals surface area contributed by atoms with E-state index in [1.54, 1.807) is 45.6 Å². The molecule has 6 nitrogen and oxygen atoms in total. The lowest BCUT2D eigenvalue weighted by atomic mass is 9.96. The van der Waals surface area contributed by atoms with E-state index in [0.717, 1.165) is 11.1 Å². The minimum atomic E-state index is 0.483. The molecule has 0 aliphatic rings. The van der Waals surface area contributed by atoms with Crippen LogP contribution in [0.3, 0.4) is 0 Å². The summed E-state index contributed by atoms with van der Waals surface area (Å²) < 4.78 is 21.3. The molecule has 2 aromatic rings. The maximum absolute atomic E-state index is 9.21. The van der Waals surface area contributed by atoms with Gasteiger partial charge in [0.05, 0.1) is 40.2 Å². The van der Waals surface area contributed by atoms with Crippen molar-refractivity contribution in [1.82, 2.24) is 0 Å². The summed E-state index contributed by atoms with van der Waals surface area (Å²) in [6, 6.07) is 11.0. The fraction of sp³-hybridized carbons (Fsp3) is 0.211. The molecule has 25 heavy (non-hydrogen) atoms. The lowest BCUT2D eigenvalue weighted by molar-refractivity contribution is 0.324. The first-order valence-electron chi connectivity index (χ1n) is 7.43. The van der Waals surface area contributed by atoms with Gasteiger partial charge in [0.1, 0.15) is 5.75 Å². The highest BCUT2D eigenvalue weighted by atomic mass is 16.5. The summed E-state index contributed by atoms with van der Waals surface area (Å²) >= 11 is 0. The number of allylic oxidation sites excluding steroid dienone is 1. The number of anilines is 1. The number of nitriles is 1. The SMILES string of the molecule is COc1ccc(/C(=C/C#N)c2cc(OC)c(OC)c(OC)c2)cc1N. The zero-order chi connectivity index (χ0) is 18.4. The fourth-order valence-electron chi connectivity index (χ4n) is 2.54. The van der Waals surface area contributed by atoms with Crippen LogP contribution >= 0.6 is 0 Å². The number of methoxy groups -OCH3 is 4. The van der Waals surface area contributed by atoms with Gasteiger partial charge in [-0.05, 0) is 41.0 Å². The molecule has 2 rings (SSSR count). The number of nitrogens with zero attached hydrogens (tertiary/aromatic N) is 1. The quantitative estimate of drug-likeness (QED) is 0.641. The molecule has 0 amide bonds. The molecule has 0 aliphatic heterocycles. The summed E-state index contributed by atoms with van der Waals surface area (Å²) in [7, 11) is 6.17. The molecule has 0 heterocycles. The van der Waals surface area contributed by atoms with Crippen molar-refractivity contribution in [3.63, 3.8) is 0 Å². The average Bonchev–Trinajstić information content (AvgIpc) is 2.64. The van der Waals surface area contributed by atoms with E-state index in [9.17, 15) is 5.26 Å². The third kappa shape index (κ3) is 3.61. The number of hydrogen-bond acceptors (Lipinski definition) is 6. The molecule has 0 aliphatic carbocycles. The highest BCUT2D eigenvalue weighted by Gasteiger charge is 2.16. The largest absolute Gasteiger partial charge is 0.495 e. The van der Waals surface area contributed by atoms with Crippen molar-refractivity contribution in [2.75, 3.05) is 34.2 Å². The van der Waals surface area contributed by atoms with Crippen LogP contribution in [0.5, 0.6) is 23.0 Å². The third-order valence-corrected chi connectivity index (χ3v) is 3.73. The van der Waals surface area contributed by atoms with Crippen molar-refractivity contribution < 1.29 is 18.9 Å². The molecule has 6 heteroatoms.